The lowest BCUT2D eigenvalue weighted by atomic mass is 10.1. The van der Waals surface area contributed by atoms with Crippen LogP contribution in [0.3, 0.4) is 0 Å². The number of amides is 5. The van der Waals surface area contributed by atoms with Gasteiger partial charge in [0.2, 0.25) is 29.5 Å². The van der Waals surface area contributed by atoms with Crippen molar-refractivity contribution in [3.8, 4) is 46.0 Å². The maximum absolute atomic E-state index is 13.4. The number of para-hydroxylation sites is 3. The molecule has 0 bridgehead atoms. The van der Waals surface area contributed by atoms with Gasteiger partial charge < -0.3 is 63.5 Å². The monoisotopic (exact) mass is 1860 g/mol. The summed E-state index contributed by atoms with van der Waals surface area (Å²) in [7, 11) is 17.0. The number of phenols is 3. The number of thioether (sulfide) groups is 5. The van der Waals surface area contributed by atoms with Gasteiger partial charge in [0.15, 0.2) is 0 Å². The van der Waals surface area contributed by atoms with Crippen LogP contribution in [-0.4, -0.2) is 169 Å². The van der Waals surface area contributed by atoms with Gasteiger partial charge in [-0.25, -0.2) is 13.2 Å². The van der Waals surface area contributed by atoms with E-state index in [-0.39, 0.29) is 63.4 Å². The summed E-state index contributed by atoms with van der Waals surface area (Å²) >= 11 is 25.9. The number of benzene rings is 10. The predicted molar refractivity (Wildman–Crippen MR) is 504 cm³/mol. The van der Waals surface area contributed by atoms with Gasteiger partial charge in [-0.3, -0.25) is 24.0 Å². The molecule has 0 atom stereocenters. The van der Waals surface area contributed by atoms with Crippen LogP contribution in [0.25, 0.3) is 0 Å². The van der Waals surface area contributed by atoms with Crippen LogP contribution < -0.4 is 23.7 Å². The Kier molecular flexibility index (Phi) is 47.6. The van der Waals surface area contributed by atoms with E-state index in [0.29, 0.717) is 86.2 Å². The number of methoxy groups -OCH3 is 5. The Morgan fingerprint density at radius 3 is 1.05 bits per heavy atom. The number of aromatic hydroxyl groups is 3. The molecule has 0 aliphatic heterocycles. The number of carbonyl (C=O) groups excluding carboxylic acids is 5. The molecule has 0 heterocycles. The van der Waals surface area contributed by atoms with Gasteiger partial charge in [0.1, 0.15) is 63.4 Å². The highest BCUT2D eigenvalue weighted by molar-refractivity contribution is 8.00. The lowest BCUT2D eigenvalue weighted by molar-refractivity contribution is -0.131. The van der Waals surface area contributed by atoms with Crippen molar-refractivity contribution in [3.63, 3.8) is 0 Å². The standard InChI is InChI=1S/C20H25NO3S.2C19H21ClFNO2S.C19H22ClNO3S.C19H22FNO3S/c1-15-6-4-7-16(20(15)24-3)14-21(2)19(23)8-5-13-25-18-11-9-17(22)10-12-18;1-22(13-14-6-3-4-7-18(14)24-2)19(23)8-5-11-25-15-9-10-17(21)16(20)12-15;1-22(13-14-6-3-4-7-17(14)24-2)19(23)8-5-11-25-18-10-9-15(21)12-16(18)20;2*1-21(13-14-12-15(20)5-10-18(14)24-2)19(23)4-3-11-25-17-8-6-16(22)7-9-17/h4,6-7,9-12,22H,5,8,13-14H2,1-3H3;2*3-4,6-7,9-10,12H,5,8,11,13H2,1-2H3;2*5-10,12,22H,3-4,11,13H2,1-2H3. The number of halogens is 6. The first kappa shape index (κ1) is 104. The van der Waals surface area contributed by atoms with E-state index in [1.54, 1.807) is 195 Å². The number of rotatable bonds is 40. The van der Waals surface area contributed by atoms with Crippen molar-refractivity contribution in [1.82, 2.24) is 24.5 Å². The normalized spacial score (nSPS) is 10.5. The van der Waals surface area contributed by atoms with Crippen molar-refractivity contribution in [2.45, 2.75) is 128 Å². The van der Waals surface area contributed by atoms with Crippen LogP contribution in [-0.2, 0) is 56.7 Å². The number of phenolic OH excluding ortho intramolecular Hbond substituents is 3. The lowest BCUT2D eigenvalue weighted by Gasteiger charge is -2.19. The van der Waals surface area contributed by atoms with E-state index in [1.807, 2.05) is 129 Å². The van der Waals surface area contributed by atoms with Crippen LogP contribution in [0.5, 0.6) is 46.0 Å². The minimum absolute atomic E-state index is 0.0117. The number of aryl methyl sites for hydroxylation is 1. The first-order chi connectivity index (χ1) is 60.0. The van der Waals surface area contributed by atoms with Crippen LogP contribution in [0.15, 0.2) is 237 Å². The van der Waals surface area contributed by atoms with Gasteiger partial charge in [0, 0.05) is 157 Å². The third-order valence-corrected chi connectivity index (χ3v) is 25.3. The molecule has 125 heavy (non-hydrogen) atoms. The van der Waals surface area contributed by atoms with E-state index in [1.165, 1.54) is 49.2 Å². The Morgan fingerprint density at radius 2 is 0.656 bits per heavy atom. The fourth-order valence-corrected chi connectivity index (χ4v) is 17.1. The van der Waals surface area contributed by atoms with Crippen molar-refractivity contribution in [3.05, 3.63) is 278 Å². The molecule has 0 aliphatic rings. The molecule has 0 aliphatic carbocycles. The molecule has 0 radical (unpaired) electrons. The highest BCUT2D eigenvalue weighted by Gasteiger charge is 2.19. The number of hydrogen-bond acceptors (Lipinski definition) is 18. The van der Waals surface area contributed by atoms with Gasteiger partial charge in [-0.1, -0.05) is 89.4 Å². The zero-order valence-corrected chi connectivity index (χ0v) is 78.7. The lowest BCUT2D eigenvalue weighted by Crippen LogP contribution is -2.26. The average molecular weight is 1870 g/mol. The number of nitrogens with zero attached hydrogens (tertiary/aromatic N) is 5. The largest absolute Gasteiger partial charge is 0.508 e. The predicted octanol–water partition coefficient (Wildman–Crippen LogP) is 22.9. The van der Waals surface area contributed by atoms with Crippen LogP contribution in [0, 0.1) is 24.4 Å². The molecule has 3 N–H and O–H groups in total. The minimum atomic E-state index is -0.417. The van der Waals surface area contributed by atoms with Crippen LogP contribution in [0.2, 0.25) is 15.1 Å². The van der Waals surface area contributed by atoms with Gasteiger partial charge >= 0.3 is 0 Å². The Labute approximate surface area is 770 Å². The van der Waals surface area contributed by atoms with E-state index in [0.717, 1.165) is 136 Å². The zero-order chi connectivity index (χ0) is 91.2. The number of carbonyl (C=O) groups is 5. The zero-order valence-electron chi connectivity index (χ0n) is 72.3. The summed E-state index contributed by atoms with van der Waals surface area (Å²) in [5, 5.41) is 28.9. The smallest absolute Gasteiger partial charge is 0.222 e. The summed E-state index contributed by atoms with van der Waals surface area (Å²) in [6.45, 7) is 4.36. The first-order valence-corrected chi connectivity index (χ1v) is 46.2. The molecule has 0 saturated heterocycles. The summed E-state index contributed by atoms with van der Waals surface area (Å²) in [4.78, 5) is 74.8. The fraction of sp³-hybridized carbons (Fsp3) is 0.323. The molecule has 0 fully saturated rings. The molecule has 670 valence electrons. The molecule has 5 amide bonds. The van der Waals surface area contributed by atoms with E-state index in [2.05, 4.69) is 0 Å². The second-order valence-corrected chi connectivity index (χ2v) is 35.5. The molecule has 18 nitrogen and oxygen atoms in total. The summed E-state index contributed by atoms with van der Waals surface area (Å²) in [5.74, 6) is 7.85. The van der Waals surface area contributed by atoms with Gasteiger partial charge in [0.25, 0.3) is 0 Å². The fourth-order valence-electron chi connectivity index (χ4n) is 12.1. The Hall–Kier alpha value is -9.64. The molecular weight excluding hydrogens is 1750 g/mol. The van der Waals surface area contributed by atoms with Crippen molar-refractivity contribution in [2.24, 2.45) is 0 Å². The molecule has 0 saturated carbocycles. The molecule has 10 rings (SSSR count). The highest BCUT2D eigenvalue weighted by atomic mass is 35.5. The molecule has 0 unspecified atom stereocenters. The number of ether oxygens (including phenoxy) is 5. The summed E-state index contributed by atoms with van der Waals surface area (Å²) in [6, 6.07) is 61.3. The maximum Gasteiger partial charge on any atom is 0.222 e. The summed E-state index contributed by atoms with van der Waals surface area (Å²) in [5.41, 5.74) is 5.61. The highest BCUT2D eigenvalue weighted by Crippen LogP contribution is 2.33. The molecule has 0 spiro atoms. The Balaban J connectivity index is 0.000000241. The summed E-state index contributed by atoms with van der Waals surface area (Å²) < 4.78 is 66.1. The van der Waals surface area contributed by atoms with Crippen molar-refractivity contribution in [1.29, 1.82) is 0 Å². The van der Waals surface area contributed by atoms with E-state index >= 15 is 0 Å². The second-order valence-electron chi connectivity index (χ2n) is 28.4. The Morgan fingerprint density at radius 1 is 0.328 bits per heavy atom. The van der Waals surface area contributed by atoms with Crippen molar-refractivity contribution >= 4 is 123 Å². The molecule has 10 aromatic rings. The van der Waals surface area contributed by atoms with Gasteiger partial charge in [-0.2, -0.15) is 0 Å². The Bertz CT molecular complexity index is 4780. The quantitative estimate of drug-likeness (QED) is 0.0241. The average Bonchev–Trinajstić information content (AvgIpc) is 0.862. The van der Waals surface area contributed by atoms with Gasteiger partial charge in [-0.05, 0) is 231 Å². The third-order valence-electron chi connectivity index (χ3n) is 18.8. The van der Waals surface area contributed by atoms with Crippen molar-refractivity contribution < 1.29 is 76.1 Å². The van der Waals surface area contributed by atoms with Crippen LogP contribution >= 0.6 is 93.6 Å². The molecule has 29 heteroatoms. The summed E-state index contributed by atoms with van der Waals surface area (Å²) in [6.07, 6.45) is 6.20. The van der Waals surface area contributed by atoms with Gasteiger partial charge in [0.05, 0.1) is 45.6 Å². The third kappa shape index (κ3) is 38.6. The van der Waals surface area contributed by atoms with E-state index in [4.69, 9.17) is 58.5 Å². The second kappa shape index (κ2) is 57.1. The van der Waals surface area contributed by atoms with E-state index < -0.39 is 5.82 Å². The molecule has 10 aromatic carbocycles. The van der Waals surface area contributed by atoms with E-state index in [9.17, 15) is 52.5 Å². The number of hydrogen-bond donors (Lipinski definition) is 3. The van der Waals surface area contributed by atoms with Crippen LogP contribution in [0.4, 0.5) is 13.2 Å². The maximum atomic E-state index is 13.4. The van der Waals surface area contributed by atoms with Crippen molar-refractivity contribution in [2.75, 3.05) is 99.6 Å². The SMILES string of the molecule is COc1c(C)cccc1CN(C)C(=O)CCCSc1ccc(O)cc1.COc1ccc(Cl)cc1CN(C)C(=O)CCCSc1ccc(O)cc1.COc1ccc(F)cc1CN(C)C(=O)CCCSc1ccc(O)cc1.COc1ccccc1CN(C)C(=O)CCCSc1ccc(F)c(Cl)c1.COc1ccccc1CN(C)C(=O)CCCSc1ccc(F)cc1Cl. The molecule has 0 aromatic heterocycles. The van der Waals surface area contributed by atoms with Gasteiger partial charge in [-0.15, -0.1) is 58.8 Å². The topological polar surface area (TPSA) is 208 Å². The molecular formula is C96H111Cl3F3N5O13S5. The van der Waals surface area contributed by atoms with Crippen LogP contribution in [0.1, 0.15) is 97.6 Å². The minimum Gasteiger partial charge on any atom is -0.508 e. The first-order valence-electron chi connectivity index (χ1n) is 40.1.